The van der Waals surface area contributed by atoms with Crippen LogP contribution in [-0.2, 0) is 5.54 Å². The largest absolute Gasteiger partial charge is 0.337 e. The Morgan fingerprint density at radius 2 is 1.92 bits per heavy atom. The molecule has 0 fully saturated rings. The van der Waals surface area contributed by atoms with Crippen molar-refractivity contribution in [2.24, 2.45) is 0 Å². The highest BCUT2D eigenvalue weighted by molar-refractivity contribution is 4.97. The van der Waals surface area contributed by atoms with Gasteiger partial charge in [-0.05, 0) is 34.9 Å². The fourth-order valence-electron chi connectivity index (χ4n) is 0.737. The molecule has 0 atom stereocenters. The Morgan fingerprint density at radius 3 is 2.25 bits per heavy atom. The second-order valence-corrected chi connectivity index (χ2v) is 3.60. The Hall–Kier alpha value is -0.900. The number of aromatic nitrogens is 2. The summed E-state index contributed by atoms with van der Waals surface area (Å²) < 4.78 is 5.09. The average Bonchev–Trinajstić information content (AvgIpc) is 2.35. The molecule has 0 aliphatic heterocycles. The van der Waals surface area contributed by atoms with E-state index in [0.717, 1.165) is 0 Å². The van der Waals surface area contributed by atoms with Crippen molar-refractivity contribution in [3.8, 4) is 0 Å². The van der Waals surface area contributed by atoms with Crippen LogP contribution in [0.5, 0.6) is 0 Å². The van der Waals surface area contributed by atoms with E-state index in [-0.39, 0.29) is 5.54 Å². The molecule has 1 aromatic rings. The van der Waals surface area contributed by atoms with E-state index >= 15 is 0 Å². The second-order valence-electron chi connectivity index (χ2n) is 3.60. The summed E-state index contributed by atoms with van der Waals surface area (Å²) in [5, 5.41) is 3.75. The van der Waals surface area contributed by atoms with Crippen LogP contribution in [0.1, 0.15) is 25.6 Å². The molecule has 1 aromatic heterocycles. The molecule has 68 valence electrons. The van der Waals surface area contributed by atoms with Crippen LogP contribution < -0.4 is 0 Å². The van der Waals surface area contributed by atoms with Gasteiger partial charge in [0, 0.05) is 0 Å². The van der Waals surface area contributed by atoms with Crippen molar-refractivity contribution in [3.05, 3.63) is 11.7 Å². The van der Waals surface area contributed by atoms with Crippen LogP contribution >= 0.6 is 0 Å². The van der Waals surface area contributed by atoms with E-state index in [1.54, 1.807) is 0 Å². The highest BCUT2D eigenvalue weighted by Crippen LogP contribution is 2.22. The Morgan fingerprint density at radius 1 is 1.33 bits per heavy atom. The van der Waals surface area contributed by atoms with Crippen molar-refractivity contribution >= 4 is 0 Å². The van der Waals surface area contributed by atoms with Gasteiger partial charge in [0.25, 0.3) is 0 Å². The zero-order chi connectivity index (χ0) is 9.35. The average molecular weight is 169 g/mol. The summed E-state index contributed by atoms with van der Waals surface area (Å²) in [4.78, 5) is 6.23. The molecule has 0 aliphatic carbocycles. The third-order valence-corrected chi connectivity index (χ3v) is 2.17. The molecule has 0 amide bonds. The quantitative estimate of drug-likeness (QED) is 0.666. The minimum atomic E-state index is -0.193. The number of aryl methyl sites for hydroxylation is 1. The Labute approximate surface area is 72.6 Å². The molecule has 0 saturated heterocycles. The molecule has 0 aromatic carbocycles. The molecule has 0 aliphatic rings. The third kappa shape index (κ3) is 1.48. The van der Waals surface area contributed by atoms with Crippen molar-refractivity contribution in [1.82, 2.24) is 15.0 Å². The minimum Gasteiger partial charge on any atom is -0.337 e. The van der Waals surface area contributed by atoms with E-state index < -0.39 is 0 Å². The maximum atomic E-state index is 5.09. The first-order chi connectivity index (χ1) is 5.44. The van der Waals surface area contributed by atoms with Crippen molar-refractivity contribution in [3.63, 3.8) is 0 Å². The number of nitrogens with zero attached hydrogens (tertiary/aromatic N) is 3. The van der Waals surface area contributed by atoms with E-state index in [2.05, 4.69) is 10.1 Å². The molecule has 12 heavy (non-hydrogen) atoms. The van der Waals surface area contributed by atoms with E-state index in [0.29, 0.717) is 11.7 Å². The topological polar surface area (TPSA) is 42.2 Å². The number of hydrogen-bond acceptors (Lipinski definition) is 4. The summed E-state index contributed by atoms with van der Waals surface area (Å²) in [6.07, 6.45) is 0. The van der Waals surface area contributed by atoms with Crippen LogP contribution in [0.25, 0.3) is 0 Å². The monoisotopic (exact) mass is 169 g/mol. The lowest BCUT2D eigenvalue weighted by Crippen LogP contribution is -2.35. The van der Waals surface area contributed by atoms with Crippen LogP contribution in [0.4, 0.5) is 0 Å². The molecule has 1 rings (SSSR count). The Kier molecular flexibility index (Phi) is 2.19. The molecular weight excluding hydrogens is 154 g/mol. The van der Waals surface area contributed by atoms with Crippen LogP contribution in [0.3, 0.4) is 0 Å². The molecular formula is C8H15N3O. The second kappa shape index (κ2) is 2.86. The summed E-state index contributed by atoms with van der Waals surface area (Å²) in [5.74, 6) is 1.34. The first kappa shape index (κ1) is 9.19. The van der Waals surface area contributed by atoms with Gasteiger partial charge in [-0.15, -0.1) is 0 Å². The molecule has 0 saturated carbocycles. The lowest BCUT2D eigenvalue weighted by molar-refractivity contribution is 0.143. The fourth-order valence-corrected chi connectivity index (χ4v) is 0.737. The standard InChI is InChI=1S/C8H15N3O/c1-6-9-7(12-10-6)8(2,3)11(4)5/h1-5H3. The predicted octanol–water partition coefficient (Wildman–Crippen LogP) is 1.17. The van der Waals surface area contributed by atoms with Gasteiger partial charge >= 0.3 is 0 Å². The highest BCUT2D eigenvalue weighted by Gasteiger charge is 2.29. The molecule has 0 unspecified atom stereocenters. The van der Waals surface area contributed by atoms with Gasteiger partial charge in [-0.1, -0.05) is 5.16 Å². The Balaban J connectivity index is 2.97. The normalized spacial score (nSPS) is 12.5. The summed E-state index contributed by atoms with van der Waals surface area (Å²) in [5.41, 5.74) is -0.193. The highest BCUT2D eigenvalue weighted by atomic mass is 16.5. The van der Waals surface area contributed by atoms with Gasteiger partial charge in [-0.25, -0.2) is 0 Å². The Bertz CT molecular complexity index is 265. The van der Waals surface area contributed by atoms with Crippen molar-refractivity contribution in [2.45, 2.75) is 26.3 Å². The van der Waals surface area contributed by atoms with E-state index in [1.807, 2.05) is 39.8 Å². The molecule has 0 spiro atoms. The lowest BCUT2D eigenvalue weighted by Gasteiger charge is -2.27. The van der Waals surface area contributed by atoms with Crippen LogP contribution in [0.2, 0.25) is 0 Å². The van der Waals surface area contributed by atoms with Gasteiger partial charge in [0.2, 0.25) is 5.89 Å². The van der Waals surface area contributed by atoms with Gasteiger partial charge in [0.05, 0.1) is 5.54 Å². The predicted molar refractivity (Wildman–Crippen MR) is 45.7 cm³/mol. The maximum Gasteiger partial charge on any atom is 0.246 e. The molecule has 4 heteroatoms. The maximum absolute atomic E-state index is 5.09. The van der Waals surface area contributed by atoms with Crippen LogP contribution in [-0.4, -0.2) is 29.1 Å². The van der Waals surface area contributed by atoms with E-state index in [4.69, 9.17) is 4.52 Å². The van der Waals surface area contributed by atoms with Crippen molar-refractivity contribution in [1.29, 1.82) is 0 Å². The smallest absolute Gasteiger partial charge is 0.246 e. The van der Waals surface area contributed by atoms with Gasteiger partial charge < -0.3 is 4.52 Å². The molecule has 1 heterocycles. The number of rotatable bonds is 2. The molecule has 0 N–H and O–H groups in total. The molecule has 4 nitrogen and oxygen atoms in total. The first-order valence-electron chi connectivity index (χ1n) is 3.93. The third-order valence-electron chi connectivity index (χ3n) is 2.17. The first-order valence-corrected chi connectivity index (χ1v) is 3.93. The lowest BCUT2D eigenvalue weighted by atomic mass is 10.1. The van der Waals surface area contributed by atoms with E-state index in [1.165, 1.54) is 0 Å². The minimum absolute atomic E-state index is 0.193. The summed E-state index contributed by atoms with van der Waals surface area (Å²) in [6.45, 7) is 5.90. The zero-order valence-electron chi connectivity index (χ0n) is 8.25. The molecule has 0 bridgehead atoms. The van der Waals surface area contributed by atoms with Gasteiger partial charge in [-0.3, -0.25) is 4.90 Å². The summed E-state index contributed by atoms with van der Waals surface area (Å²) in [7, 11) is 3.97. The van der Waals surface area contributed by atoms with Crippen LogP contribution in [0.15, 0.2) is 4.52 Å². The summed E-state index contributed by atoms with van der Waals surface area (Å²) >= 11 is 0. The summed E-state index contributed by atoms with van der Waals surface area (Å²) in [6, 6.07) is 0. The van der Waals surface area contributed by atoms with E-state index in [9.17, 15) is 0 Å². The van der Waals surface area contributed by atoms with Gasteiger partial charge in [0.15, 0.2) is 5.82 Å². The van der Waals surface area contributed by atoms with Crippen LogP contribution in [0, 0.1) is 6.92 Å². The molecule has 0 radical (unpaired) electrons. The van der Waals surface area contributed by atoms with Crippen molar-refractivity contribution in [2.75, 3.05) is 14.1 Å². The fraction of sp³-hybridized carbons (Fsp3) is 0.750. The number of hydrogen-bond donors (Lipinski definition) is 0. The zero-order valence-corrected chi connectivity index (χ0v) is 8.25. The van der Waals surface area contributed by atoms with Gasteiger partial charge in [-0.2, -0.15) is 4.98 Å². The SMILES string of the molecule is Cc1noc(C(C)(C)N(C)C)n1. The van der Waals surface area contributed by atoms with Gasteiger partial charge in [0.1, 0.15) is 0 Å². The van der Waals surface area contributed by atoms with Crippen molar-refractivity contribution < 1.29 is 4.52 Å².